The van der Waals surface area contributed by atoms with Crippen molar-refractivity contribution < 1.29 is 9.84 Å². The topological polar surface area (TPSA) is 35.9 Å². The number of benzene rings is 2. The number of aliphatic hydroxyl groups is 1. The van der Waals surface area contributed by atoms with Crippen molar-refractivity contribution in [3.05, 3.63) is 65.2 Å². The number of hydrogen-bond donors (Lipinski definition) is 1. The maximum absolute atomic E-state index is 10.4. The van der Waals surface area contributed by atoms with Crippen LogP contribution in [0.25, 0.3) is 0 Å². The molecule has 3 rings (SSSR count). The number of ether oxygens (including phenoxy) is 1. The summed E-state index contributed by atoms with van der Waals surface area (Å²) < 4.78 is 5.84. The molecule has 1 fully saturated rings. The molecule has 1 heterocycles. The third-order valence-electron chi connectivity index (χ3n) is 5.49. The van der Waals surface area contributed by atoms with Gasteiger partial charge in [0.05, 0.1) is 0 Å². The minimum atomic E-state index is -0.467. The summed E-state index contributed by atoms with van der Waals surface area (Å²) in [6, 6.07) is 16.8. The number of piperazine rings is 1. The lowest BCUT2D eigenvalue weighted by Gasteiger charge is -2.35. The minimum absolute atomic E-state index is 0.338. The predicted molar refractivity (Wildman–Crippen MR) is 115 cm³/mol. The lowest BCUT2D eigenvalue weighted by atomic mass is 9.98. The minimum Gasteiger partial charge on any atom is -0.491 e. The van der Waals surface area contributed by atoms with Gasteiger partial charge in [-0.3, -0.25) is 9.80 Å². The van der Waals surface area contributed by atoms with Crippen LogP contribution in [0.4, 0.5) is 0 Å². The van der Waals surface area contributed by atoms with E-state index in [9.17, 15) is 5.11 Å². The number of aliphatic hydroxyl groups excluding tert-OH is 1. The van der Waals surface area contributed by atoms with Crippen LogP contribution in [0.3, 0.4) is 0 Å². The summed E-state index contributed by atoms with van der Waals surface area (Å²) in [5.74, 6) is 1.36. The van der Waals surface area contributed by atoms with Gasteiger partial charge in [-0.15, -0.1) is 0 Å². The fraction of sp³-hybridized carbons (Fsp3) is 0.500. The zero-order valence-electron chi connectivity index (χ0n) is 17.5. The highest BCUT2D eigenvalue weighted by atomic mass is 16.5. The molecule has 1 aliphatic heterocycles. The van der Waals surface area contributed by atoms with Gasteiger partial charge in [0.15, 0.2) is 0 Å². The molecule has 2 aromatic rings. The summed E-state index contributed by atoms with van der Waals surface area (Å²) in [6.45, 7) is 12.6. The van der Waals surface area contributed by atoms with Gasteiger partial charge in [0.25, 0.3) is 0 Å². The number of β-amino-alcohol motifs (C(OH)–C–C–N with tert-alkyl or cyclic N) is 1. The van der Waals surface area contributed by atoms with Crippen molar-refractivity contribution in [2.75, 3.05) is 39.3 Å². The van der Waals surface area contributed by atoms with E-state index in [1.54, 1.807) is 0 Å². The molecule has 0 amide bonds. The van der Waals surface area contributed by atoms with Crippen molar-refractivity contribution in [2.24, 2.45) is 0 Å². The van der Waals surface area contributed by atoms with E-state index in [0.29, 0.717) is 19.1 Å². The molecule has 0 saturated carbocycles. The van der Waals surface area contributed by atoms with Gasteiger partial charge in [0, 0.05) is 39.3 Å². The summed E-state index contributed by atoms with van der Waals surface area (Å²) in [4.78, 5) is 4.82. The smallest absolute Gasteiger partial charge is 0.119 e. The molecule has 1 saturated heterocycles. The second kappa shape index (κ2) is 10.1. The Hall–Kier alpha value is -1.88. The molecule has 152 valence electrons. The molecular weight excluding hydrogens is 348 g/mol. The van der Waals surface area contributed by atoms with Crippen molar-refractivity contribution in [3.63, 3.8) is 0 Å². The second-order valence-electron chi connectivity index (χ2n) is 8.20. The highest BCUT2D eigenvalue weighted by Crippen LogP contribution is 2.23. The average Bonchev–Trinajstić information content (AvgIpc) is 2.68. The Morgan fingerprint density at radius 1 is 0.964 bits per heavy atom. The first-order chi connectivity index (χ1) is 13.5. The van der Waals surface area contributed by atoms with Crippen LogP contribution in [0.5, 0.6) is 5.75 Å². The molecule has 0 bridgehead atoms. The van der Waals surface area contributed by atoms with E-state index in [1.807, 2.05) is 6.07 Å². The van der Waals surface area contributed by atoms with Crippen LogP contribution < -0.4 is 4.74 Å². The molecular formula is C24H34N2O2. The molecule has 1 N–H and O–H groups in total. The van der Waals surface area contributed by atoms with Crippen molar-refractivity contribution >= 4 is 0 Å². The Balaban J connectivity index is 1.39. The van der Waals surface area contributed by atoms with Crippen molar-refractivity contribution in [3.8, 4) is 5.75 Å². The van der Waals surface area contributed by atoms with Gasteiger partial charge in [-0.25, -0.2) is 0 Å². The Bertz CT molecular complexity index is 725. The highest BCUT2D eigenvalue weighted by Gasteiger charge is 2.19. The largest absolute Gasteiger partial charge is 0.491 e. The normalized spacial score (nSPS) is 17.0. The van der Waals surface area contributed by atoms with Gasteiger partial charge in [0.1, 0.15) is 18.5 Å². The average molecular weight is 383 g/mol. The summed E-state index contributed by atoms with van der Waals surface area (Å²) in [5, 5.41) is 10.4. The van der Waals surface area contributed by atoms with E-state index in [1.165, 1.54) is 16.7 Å². The molecule has 0 unspecified atom stereocenters. The SMILES string of the molecule is Cc1cc(OC[C@H](O)CN2CCN(Cc3ccccc3)CC2)ccc1C(C)C. The maximum Gasteiger partial charge on any atom is 0.119 e. The fourth-order valence-electron chi connectivity index (χ4n) is 3.90. The molecule has 1 aliphatic rings. The van der Waals surface area contributed by atoms with Gasteiger partial charge in [-0.1, -0.05) is 50.2 Å². The lowest BCUT2D eigenvalue weighted by Crippen LogP contribution is -2.48. The first kappa shape index (κ1) is 20.8. The van der Waals surface area contributed by atoms with Gasteiger partial charge in [0.2, 0.25) is 0 Å². The van der Waals surface area contributed by atoms with Crippen LogP contribution in [0.15, 0.2) is 48.5 Å². The zero-order chi connectivity index (χ0) is 19.9. The Morgan fingerprint density at radius 3 is 2.29 bits per heavy atom. The fourth-order valence-corrected chi connectivity index (χ4v) is 3.90. The first-order valence-corrected chi connectivity index (χ1v) is 10.4. The maximum atomic E-state index is 10.4. The van der Waals surface area contributed by atoms with E-state index in [0.717, 1.165) is 38.5 Å². The Kier molecular flexibility index (Phi) is 7.49. The van der Waals surface area contributed by atoms with E-state index >= 15 is 0 Å². The Morgan fingerprint density at radius 2 is 1.64 bits per heavy atom. The van der Waals surface area contributed by atoms with Gasteiger partial charge < -0.3 is 9.84 Å². The molecule has 2 aromatic carbocycles. The van der Waals surface area contributed by atoms with Gasteiger partial charge in [-0.2, -0.15) is 0 Å². The number of hydrogen-bond acceptors (Lipinski definition) is 4. The highest BCUT2D eigenvalue weighted by molar-refractivity contribution is 5.36. The van der Waals surface area contributed by atoms with Crippen LogP contribution in [0.1, 0.15) is 36.5 Å². The van der Waals surface area contributed by atoms with E-state index in [4.69, 9.17) is 4.74 Å². The lowest BCUT2D eigenvalue weighted by molar-refractivity contribution is 0.0446. The molecule has 0 aromatic heterocycles. The van der Waals surface area contributed by atoms with E-state index < -0.39 is 6.10 Å². The summed E-state index contributed by atoms with van der Waals surface area (Å²) >= 11 is 0. The van der Waals surface area contributed by atoms with Crippen LogP contribution >= 0.6 is 0 Å². The van der Waals surface area contributed by atoms with Crippen LogP contribution in [0, 0.1) is 6.92 Å². The van der Waals surface area contributed by atoms with Crippen LogP contribution in [0.2, 0.25) is 0 Å². The Labute approximate surface area is 169 Å². The van der Waals surface area contributed by atoms with Crippen molar-refractivity contribution in [1.82, 2.24) is 9.80 Å². The number of rotatable bonds is 8. The standard InChI is InChI=1S/C24H34N2O2/c1-19(2)24-10-9-23(15-20(24)3)28-18-22(27)17-26-13-11-25(12-14-26)16-21-7-5-4-6-8-21/h4-10,15,19,22,27H,11-14,16-18H2,1-3H3/t22-/m1/s1. The molecule has 28 heavy (non-hydrogen) atoms. The predicted octanol–water partition coefficient (Wildman–Crippen LogP) is 3.68. The van der Waals surface area contributed by atoms with Crippen LogP contribution in [-0.2, 0) is 6.54 Å². The first-order valence-electron chi connectivity index (χ1n) is 10.4. The molecule has 4 nitrogen and oxygen atoms in total. The van der Waals surface area contributed by atoms with E-state index in [-0.39, 0.29) is 0 Å². The zero-order valence-corrected chi connectivity index (χ0v) is 17.5. The molecule has 0 aliphatic carbocycles. The van der Waals surface area contributed by atoms with E-state index in [2.05, 4.69) is 73.0 Å². The molecule has 0 radical (unpaired) electrons. The third-order valence-corrected chi connectivity index (χ3v) is 5.49. The van der Waals surface area contributed by atoms with Gasteiger partial charge >= 0.3 is 0 Å². The summed E-state index contributed by atoms with van der Waals surface area (Å²) in [7, 11) is 0. The number of nitrogens with zero attached hydrogens (tertiary/aromatic N) is 2. The summed E-state index contributed by atoms with van der Waals surface area (Å²) in [6.07, 6.45) is -0.467. The third kappa shape index (κ3) is 6.06. The monoisotopic (exact) mass is 382 g/mol. The van der Waals surface area contributed by atoms with Crippen molar-refractivity contribution in [2.45, 2.75) is 39.3 Å². The second-order valence-corrected chi connectivity index (χ2v) is 8.20. The quantitative estimate of drug-likeness (QED) is 0.756. The molecule has 4 heteroatoms. The van der Waals surface area contributed by atoms with Crippen LogP contribution in [-0.4, -0.2) is 60.3 Å². The van der Waals surface area contributed by atoms with Gasteiger partial charge in [-0.05, 0) is 41.7 Å². The number of aryl methyl sites for hydroxylation is 1. The molecule has 0 spiro atoms. The summed E-state index contributed by atoms with van der Waals surface area (Å²) in [5.41, 5.74) is 3.96. The van der Waals surface area contributed by atoms with Crippen molar-refractivity contribution in [1.29, 1.82) is 0 Å². The molecule has 1 atom stereocenters.